The predicted octanol–water partition coefficient (Wildman–Crippen LogP) is 3.59. The first-order chi connectivity index (χ1) is 11.7. The van der Waals surface area contributed by atoms with Gasteiger partial charge in [-0.3, -0.25) is 0 Å². The molecule has 2 N–H and O–H groups in total. The van der Waals surface area contributed by atoms with Crippen LogP contribution in [0.4, 0.5) is 4.79 Å². The molecule has 2 aromatic carbocycles. The molecule has 0 atom stereocenters. The maximum Gasteiger partial charge on any atom is 0.407 e. The maximum atomic E-state index is 11.5. The van der Waals surface area contributed by atoms with Gasteiger partial charge in [-0.15, -0.1) is 0 Å². The van der Waals surface area contributed by atoms with E-state index in [-0.39, 0.29) is 17.9 Å². The van der Waals surface area contributed by atoms with E-state index in [0.29, 0.717) is 13.0 Å². The van der Waals surface area contributed by atoms with Crippen LogP contribution in [0.25, 0.3) is 6.08 Å². The number of nitrogens with zero attached hydrogens (tertiary/aromatic N) is 1. The number of alkyl carbamates (subject to hydrolysis) is 1. The zero-order valence-electron chi connectivity index (χ0n) is 13.1. The fourth-order valence-electron chi connectivity index (χ4n) is 2.00. The molecule has 5 heteroatoms. The Labute approximate surface area is 140 Å². The smallest absolute Gasteiger partial charge is 0.407 e. The molecule has 0 radical (unpaired) electrons. The maximum absolute atomic E-state index is 11.5. The van der Waals surface area contributed by atoms with Gasteiger partial charge in [-0.1, -0.05) is 48.6 Å². The summed E-state index contributed by atoms with van der Waals surface area (Å²) in [6.07, 6.45) is 3.86. The molecule has 0 aromatic heterocycles. The van der Waals surface area contributed by atoms with Crippen LogP contribution in [0.2, 0.25) is 0 Å². The summed E-state index contributed by atoms with van der Waals surface area (Å²) in [5.74, 6) is -0.0396. The third-order valence-corrected chi connectivity index (χ3v) is 3.25. The number of carbonyl (C=O) groups is 1. The second-order valence-corrected chi connectivity index (χ2v) is 5.07. The Bertz CT molecular complexity index is 749. The van der Waals surface area contributed by atoms with E-state index in [1.807, 2.05) is 48.6 Å². The van der Waals surface area contributed by atoms with Gasteiger partial charge in [-0.05, 0) is 29.7 Å². The standard InChI is InChI=1S/C19H18N2O3/c20-13-17-10-9-15(12-18(17)22)6-4-5-11-21-19(23)24-14-16-7-2-1-3-8-16/h1-4,6-10,12,22H,5,11,14H2,(H,21,23). The summed E-state index contributed by atoms with van der Waals surface area (Å²) in [6, 6.07) is 16.2. The number of aromatic hydroxyl groups is 1. The lowest BCUT2D eigenvalue weighted by Gasteiger charge is -2.05. The van der Waals surface area contributed by atoms with Gasteiger partial charge in [-0.2, -0.15) is 5.26 Å². The van der Waals surface area contributed by atoms with Crippen LogP contribution in [0.1, 0.15) is 23.1 Å². The van der Waals surface area contributed by atoms with Crippen LogP contribution in [-0.4, -0.2) is 17.7 Å². The number of nitriles is 1. The van der Waals surface area contributed by atoms with E-state index >= 15 is 0 Å². The van der Waals surface area contributed by atoms with Crippen molar-refractivity contribution in [1.29, 1.82) is 5.26 Å². The second-order valence-electron chi connectivity index (χ2n) is 5.07. The number of rotatable bonds is 6. The number of hydrogen-bond acceptors (Lipinski definition) is 4. The predicted molar refractivity (Wildman–Crippen MR) is 91.1 cm³/mol. The molecule has 0 heterocycles. The molecule has 0 unspecified atom stereocenters. The van der Waals surface area contributed by atoms with Crippen molar-refractivity contribution in [3.05, 3.63) is 71.3 Å². The first-order valence-electron chi connectivity index (χ1n) is 7.53. The van der Waals surface area contributed by atoms with Crippen molar-refractivity contribution in [3.8, 4) is 11.8 Å². The second kappa shape index (κ2) is 9.01. The number of phenolic OH excluding ortho intramolecular Hbond substituents is 1. The fourth-order valence-corrected chi connectivity index (χ4v) is 2.00. The van der Waals surface area contributed by atoms with Crippen molar-refractivity contribution in [2.45, 2.75) is 13.0 Å². The number of nitrogens with one attached hydrogen (secondary N) is 1. The van der Waals surface area contributed by atoms with Crippen LogP contribution < -0.4 is 5.32 Å². The summed E-state index contributed by atoms with van der Waals surface area (Å²) < 4.78 is 5.10. The summed E-state index contributed by atoms with van der Waals surface area (Å²) in [5, 5.41) is 21.0. The van der Waals surface area contributed by atoms with Gasteiger partial charge in [0.2, 0.25) is 0 Å². The van der Waals surface area contributed by atoms with Crippen molar-refractivity contribution in [1.82, 2.24) is 5.32 Å². The molecule has 0 aliphatic heterocycles. The molecule has 0 saturated heterocycles. The molecule has 0 aliphatic carbocycles. The largest absolute Gasteiger partial charge is 0.507 e. The lowest BCUT2D eigenvalue weighted by atomic mass is 10.1. The van der Waals surface area contributed by atoms with Gasteiger partial charge < -0.3 is 15.2 Å². The number of hydrogen-bond donors (Lipinski definition) is 2. The first kappa shape index (κ1) is 17.1. The number of ether oxygens (including phenoxy) is 1. The van der Waals surface area contributed by atoms with Gasteiger partial charge in [0, 0.05) is 6.54 Å². The molecule has 0 aliphatic rings. The quantitative estimate of drug-likeness (QED) is 0.796. The lowest BCUT2D eigenvalue weighted by Crippen LogP contribution is -2.24. The summed E-state index contributed by atoms with van der Waals surface area (Å²) in [6.45, 7) is 0.694. The fraction of sp³-hybridized carbons (Fsp3) is 0.158. The third-order valence-electron chi connectivity index (χ3n) is 3.25. The summed E-state index contributed by atoms with van der Waals surface area (Å²) in [4.78, 5) is 11.5. The van der Waals surface area contributed by atoms with E-state index in [4.69, 9.17) is 10.00 Å². The zero-order valence-corrected chi connectivity index (χ0v) is 13.1. The average Bonchev–Trinajstić information content (AvgIpc) is 2.61. The van der Waals surface area contributed by atoms with Crippen molar-refractivity contribution in [2.75, 3.05) is 6.54 Å². The lowest BCUT2D eigenvalue weighted by molar-refractivity contribution is 0.140. The van der Waals surface area contributed by atoms with E-state index in [1.165, 1.54) is 6.07 Å². The van der Waals surface area contributed by atoms with Gasteiger partial charge in [0.15, 0.2) is 0 Å². The molecule has 2 aromatic rings. The van der Waals surface area contributed by atoms with Crippen LogP contribution in [0, 0.1) is 11.3 Å². The molecule has 0 bridgehead atoms. The minimum Gasteiger partial charge on any atom is -0.507 e. The SMILES string of the molecule is N#Cc1ccc(C=CCCNC(=O)OCc2ccccc2)cc1O. The molecule has 0 saturated carbocycles. The molecule has 5 nitrogen and oxygen atoms in total. The Balaban J connectivity index is 1.68. The van der Waals surface area contributed by atoms with Crippen LogP contribution in [0.15, 0.2) is 54.6 Å². The van der Waals surface area contributed by atoms with Crippen LogP contribution in [-0.2, 0) is 11.3 Å². The van der Waals surface area contributed by atoms with Gasteiger partial charge in [0.1, 0.15) is 18.4 Å². The van der Waals surface area contributed by atoms with E-state index in [0.717, 1.165) is 11.1 Å². The van der Waals surface area contributed by atoms with E-state index in [1.54, 1.807) is 12.1 Å². The highest BCUT2D eigenvalue weighted by molar-refractivity contribution is 5.67. The van der Waals surface area contributed by atoms with Crippen molar-refractivity contribution >= 4 is 12.2 Å². The normalized spacial score (nSPS) is 10.3. The van der Waals surface area contributed by atoms with Crippen molar-refractivity contribution < 1.29 is 14.6 Å². The number of benzene rings is 2. The van der Waals surface area contributed by atoms with E-state index in [2.05, 4.69) is 5.32 Å². The van der Waals surface area contributed by atoms with Crippen LogP contribution in [0.3, 0.4) is 0 Å². The van der Waals surface area contributed by atoms with Crippen molar-refractivity contribution in [2.24, 2.45) is 0 Å². The topological polar surface area (TPSA) is 82.4 Å². The van der Waals surface area contributed by atoms with E-state index < -0.39 is 6.09 Å². The van der Waals surface area contributed by atoms with E-state index in [9.17, 15) is 9.90 Å². The Morgan fingerprint density at radius 3 is 2.75 bits per heavy atom. The minimum atomic E-state index is -0.455. The number of phenols is 1. The number of carbonyl (C=O) groups excluding carboxylic acids is 1. The number of amides is 1. The minimum absolute atomic E-state index is 0.0396. The molecular formula is C19H18N2O3. The third kappa shape index (κ3) is 5.50. The highest BCUT2D eigenvalue weighted by atomic mass is 16.5. The monoisotopic (exact) mass is 322 g/mol. The summed E-state index contributed by atoms with van der Waals surface area (Å²) in [5.41, 5.74) is 1.97. The van der Waals surface area contributed by atoms with Crippen molar-refractivity contribution in [3.63, 3.8) is 0 Å². The van der Waals surface area contributed by atoms with Crippen LogP contribution >= 0.6 is 0 Å². The van der Waals surface area contributed by atoms with Gasteiger partial charge >= 0.3 is 6.09 Å². The Hall–Kier alpha value is -3.26. The Kier molecular flexibility index (Phi) is 6.42. The molecule has 0 fully saturated rings. The average molecular weight is 322 g/mol. The van der Waals surface area contributed by atoms with Gasteiger partial charge in [0.25, 0.3) is 0 Å². The van der Waals surface area contributed by atoms with Gasteiger partial charge in [0.05, 0.1) is 5.56 Å². The van der Waals surface area contributed by atoms with Crippen LogP contribution in [0.5, 0.6) is 5.75 Å². The molecule has 0 spiro atoms. The highest BCUT2D eigenvalue weighted by Gasteiger charge is 2.01. The van der Waals surface area contributed by atoms with Gasteiger partial charge in [-0.25, -0.2) is 4.79 Å². The molecular weight excluding hydrogens is 304 g/mol. The Morgan fingerprint density at radius 1 is 1.25 bits per heavy atom. The Morgan fingerprint density at radius 2 is 2.04 bits per heavy atom. The molecule has 2 rings (SSSR count). The highest BCUT2D eigenvalue weighted by Crippen LogP contribution is 2.18. The summed E-state index contributed by atoms with van der Waals surface area (Å²) in [7, 11) is 0. The first-order valence-corrected chi connectivity index (χ1v) is 7.53. The molecule has 122 valence electrons. The zero-order chi connectivity index (χ0) is 17.2. The summed E-state index contributed by atoms with van der Waals surface area (Å²) >= 11 is 0. The molecule has 24 heavy (non-hydrogen) atoms. The molecule has 1 amide bonds.